The van der Waals surface area contributed by atoms with Crippen molar-refractivity contribution in [2.75, 3.05) is 13.1 Å². The zero-order valence-electron chi connectivity index (χ0n) is 12.9. The molecule has 2 rings (SSSR count). The third-order valence-electron chi connectivity index (χ3n) is 5.08. The topological polar surface area (TPSA) is 78.4 Å². The molecule has 5 nitrogen and oxygen atoms in total. The van der Waals surface area contributed by atoms with E-state index in [0.717, 1.165) is 32.4 Å². The van der Waals surface area contributed by atoms with Crippen molar-refractivity contribution in [2.45, 2.75) is 57.9 Å². The standard InChI is InChI=1S/C16H28N2O3/c1-11(12-5-4-8-17-10-12)9-15(19)18-14-7-3-2-6-13(14)16(20)21/h11-14,17H,2-10H2,1H3,(H,18,19)(H,20,21). The molecule has 0 spiro atoms. The maximum Gasteiger partial charge on any atom is 0.308 e. The van der Waals surface area contributed by atoms with Gasteiger partial charge in [-0.25, -0.2) is 0 Å². The number of amides is 1. The van der Waals surface area contributed by atoms with Gasteiger partial charge in [-0.2, -0.15) is 0 Å². The first-order chi connectivity index (χ1) is 10.1. The van der Waals surface area contributed by atoms with Crippen LogP contribution in [0.4, 0.5) is 0 Å². The van der Waals surface area contributed by atoms with E-state index in [0.29, 0.717) is 24.7 Å². The van der Waals surface area contributed by atoms with Gasteiger partial charge in [0, 0.05) is 12.5 Å². The Labute approximate surface area is 126 Å². The molecule has 0 bridgehead atoms. The largest absolute Gasteiger partial charge is 0.481 e. The van der Waals surface area contributed by atoms with Crippen molar-refractivity contribution >= 4 is 11.9 Å². The van der Waals surface area contributed by atoms with E-state index in [1.54, 1.807) is 0 Å². The lowest BCUT2D eigenvalue weighted by Crippen LogP contribution is -2.46. The van der Waals surface area contributed by atoms with E-state index in [1.807, 2.05) is 0 Å². The van der Waals surface area contributed by atoms with Crippen LogP contribution in [0.5, 0.6) is 0 Å². The molecule has 0 aromatic heterocycles. The summed E-state index contributed by atoms with van der Waals surface area (Å²) in [7, 11) is 0. The van der Waals surface area contributed by atoms with E-state index >= 15 is 0 Å². The van der Waals surface area contributed by atoms with Gasteiger partial charge in [-0.05, 0) is 50.6 Å². The van der Waals surface area contributed by atoms with Crippen molar-refractivity contribution in [2.24, 2.45) is 17.8 Å². The second-order valence-corrected chi connectivity index (χ2v) is 6.69. The summed E-state index contributed by atoms with van der Waals surface area (Å²) >= 11 is 0. The summed E-state index contributed by atoms with van der Waals surface area (Å²) in [5.41, 5.74) is 0. The number of hydrogen-bond acceptors (Lipinski definition) is 3. The maximum atomic E-state index is 12.2. The zero-order valence-corrected chi connectivity index (χ0v) is 12.9. The van der Waals surface area contributed by atoms with Crippen LogP contribution in [0.15, 0.2) is 0 Å². The molecule has 1 saturated heterocycles. The lowest BCUT2D eigenvalue weighted by atomic mass is 9.83. The van der Waals surface area contributed by atoms with Crippen LogP contribution in [-0.4, -0.2) is 36.1 Å². The Morgan fingerprint density at radius 1 is 1.24 bits per heavy atom. The quantitative estimate of drug-likeness (QED) is 0.722. The summed E-state index contributed by atoms with van der Waals surface area (Å²) in [5, 5.41) is 15.6. The molecule has 2 fully saturated rings. The molecule has 1 aliphatic carbocycles. The van der Waals surface area contributed by atoms with Crippen LogP contribution >= 0.6 is 0 Å². The number of carbonyl (C=O) groups is 2. The average Bonchev–Trinajstić information content (AvgIpc) is 2.48. The number of nitrogens with one attached hydrogen (secondary N) is 2. The molecule has 1 saturated carbocycles. The molecule has 3 N–H and O–H groups in total. The molecule has 1 amide bonds. The van der Waals surface area contributed by atoms with Crippen LogP contribution in [0.3, 0.4) is 0 Å². The third-order valence-corrected chi connectivity index (χ3v) is 5.08. The Bertz CT molecular complexity index is 367. The molecule has 21 heavy (non-hydrogen) atoms. The SMILES string of the molecule is CC(CC(=O)NC1CCCCC1C(=O)O)C1CCCNC1. The van der Waals surface area contributed by atoms with Crippen LogP contribution in [0.25, 0.3) is 0 Å². The predicted molar refractivity (Wildman–Crippen MR) is 80.9 cm³/mol. The minimum absolute atomic E-state index is 0.0197. The van der Waals surface area contributed by atoms with Gasteiger partial charge in [-0.1, -0.05) is 19.8 Å². The van der Waals surface area contributed by atoms with Gasteiger partial charge in [-0.15, -0.1) is 0 Å². The highest BCUT2D eigenvalue weighted by molar-refractivity contribution is 5.78. The van der Waals surface area contributed by atoms with Crippen molar-refractivity contribution < 1.29 is 14.7 Å². The van der Waals surface area contributed by atoms with E-state index < -0.39 is 11.9 Å². The van der Waals surface area contributed by atoms with E-state index in [9.17, 15) is 14.7 Å². The zero-order chi connectivity index (χ0) is 15.2. The molecule has 4 unspecified atom stereocenters. The van der Waals surface area contributed by atoms with Crippen molar-refractivity contribution in [3.63, 3.8) is 0 Å². The van der Waals surface area contributed by atoms with E-state index in [2.05, 4.69) is 17.6 Å². The highest BCUT2D eigenvalue weighted by Crippen LogP contribution is 2.26. The number of piperidine rings is 1. The summed E-state index contributed by atoms with van der Waals surface area (Å²) in [6.45, 7) is 4.21. The summed E-state index contributed by atoms with van der Waals surface area (Å²) in [6.07, 6.45) is 6.31. The lowest BCUT2D eigenvalue weighted by Gasteiger charge is -2.31. The van der Waals surface area contributed by atoms with Crippen LogP contribution in [-0.2, 0) is 9.59 Å². The average molecular weight is 296 g/mol. The second-order valence-electron chi connectivity index (χ2n) is 6.69. The van der Waals surface area contributed by atoms with Gasteiger partial charge in [-0.3, -0.25) is 9.59 Å². The van der Waals surface area contributed by atoms with E-state index in [-0.39, 0.29) is 11.9 Å². The van der Waals surface area contributed by atoms with Crippen molar-refractivity contribution in [3.8, 4) is 0 Å². The first kappa shape index (κ1) is 16.3. The van der Waals surface area contributed by atoms with Gasteiger partial charge in [0.1, 0.15) is 0 Å². The van der Waals surface area contributed by atoms with Crippen LogP contribution in [0.2, 0.25) is 0 Å². The first-order valence-corrected chi connectivity index (χ1v) is 8.31. The molecular weight excluding hydrogens is 268 g/mol. The molecule has 1 heterocycles. The minimum Gasteiger partial charge on any atom is -0.481 e. The van der Waals surface area contributed by atoms with Crippen molar-refractivity contribution in [3.05, 3.63) is 0 Å². The number of aliphatic carboxylic acids is 1. The van der Waals surface area contributed by atoms with Crippen LogP contribution < -0.4 is 10.6 Å². The van der Waals surface area contributed by atoms with Crippen LogP contribution in [0, 0.1) is 17.8 Å². The molecule has 5 heteroatoms. The molecule has 0 aromatic carbocycles. The van der Waals surface area contributed by atoms with Gasteiger partial charge in [0.15, 0.2) is 0 Å². The molecule has 0 aromatic rings. The van der Waals surface area contributed by atoms with Crippen molar-refractivity contribution in [1.29, 1.82) is 0 Å². The summed E-state index contributed by atoms with van der Waals surface area (Å²) in [4.78, 5) is 23.5. The van der Waals surface area contributed by atoms with Gasteiger partial charge in [0.2, 0.25) is 5.91 Å². The number of carbonyl (C=O) groups excluding carboxylic acids is 1. The second kappa shape index (κ2) is 7.78. The Kier molecular flexibility index (Phi) is 6.03. The minimum atomic E-state index is -0.774. The van der Waals surface area contributed by atoms with Gasteiger partial charge in [0.25, 0.3) is 0 Å². The fourth-order valence-corrected chi connectivity index (χ4v) is 3.69. The Morgan fingerprint density at radius 2 is 2.00 bits per heavy atom. The predicted octanol–water partition coefficient (Wildman–Crippen LogP) is 1.77. The summed E-state index contributed by atoms with van der Waals surface area (Å²) in [6, 6.07) is -0.180. The fourth-order valence-electron chi connectivity index (χ4n) is 3.69. The van der Waals surface area contributed by atoms with Crippen molar-refractivity contribution in [1.82, 2.24) is 10.6 Å². The molecule has 120 valence electrons. The smallest absolute Gasteiger partial charge is 0.308 e. The van der Waals surface area contributed by atoms with Gasteiger partial charge in [0.05, 0.1) is 5.92 Å². The van der Waals surface area contributed by atoms with E-state index in [1.165, 1.54) is 12.8 Å². The maximum absolute atomic E-state index is 12.2. The van der Waals surface area contributed by atoms with Gasteiger partial charge < -0.3 is 15.7 Å². The Morgan fingerprint density at radius 3 is 2.67 bits per heavy atom. The van der Waals surface area contributed by atoms with Gasteiger partial charge >= 0.3 is 5.97 Å². The lowest BCUT2D eigenvalue weighted by molar-refractivity contribution is -0.144. The number of hydrogen-bond donors (Lipinski definition) is 3. The molecular formula is C16H28N2O3. The highest BCUT2D eigenvalue weighted by atomic mass is 16.4. The van der Waals surface area contributed by atoms with Crippen LogP contribution in [0.1, 0.15) is 51.9 Å². The summed E-state index contributed by atoms with van der Waals surface area (Å²) < 4.78 is 0. The molecule has 2 aliphatic rings. The molecule has 1 aliphatic heterocycles. The number of carboxylic acid groups (broad SMARTS) is 1. The first-order valence-electron chi connectivity index (χ1n) is 8.31. The summed E-state index contributed by atoms with van der Waals surface area (Å²) in [5.74, 6) is -0.249. The number of rotatable bonds is 5. The highest BCUT2D eigenvalue weighted by Gasteiger charge is 2.32. The normalized spacial score (nSPS) is 31.4. The molecule has 0 radical (unpaired) electrons. The monoisotopic (exact) mass is 296 g/mol. The Hall–Kier alpha value is -1.10. The number of carboxylic acids is 1. The Balaban J connectivity index is 1.81. The van der Waals surface area contributed by atoms with E-state index in [4.69, 9.17) is 0 Å². The fraction of sp³-hybridized carbons (Fsp3) is 0.875. The molecule has 4 atom stereocenters. The third kappa shape index (κ3) is 4.70.